The molecule has 78 valence electrons. The topological polar surface area (TPSA) is 38.7 Å². The van der Waals surface area contributed by atoms with Crippen molar-refractivity contribution in [2.24, 2.45) is 0 Å². The van der Waals surface area contributed by atoms with Crippen LogP contribution >= 0.6 is 22.6 Å². The third-order valence-electron chi connectivity index (χ3n) is 1.94. The average Bonchev–Trinajstić information content (AvgIpc) is 2.26. The second-order valence-electron chi connectivity index (χ2n) is 2.78. The second-order valence-corrected chi connectivity index (χ2v) is 3.67. The van der Waals surface area contributed by atoms with Crippen LogP contribution in [0.25, 0.3) is 0 Å². The molecule has 0 aliphatic carbocycles. The Bertz CT molecular complexity index is 301. The van der Waals surface area contributed by atoms with E-state index in [0.717, 1.165) is 5.56 Å². The first-order valence-electron chi connectivity index (χ1n) is 4.19. The Balaban J connectivity index is 3.01. The van der Waals surface area contributed by atoms with E-state index in [1.807, 2.05) is 6.07 Å². The number of hydrogen-bond donors (Lipinski definition) is 1. The van der Waals surface area contributed by atoms with Crippen LogP contribution < -0.4 is 9.47 Å². The summed E-state index contributed by atoms with van der Waals surface area (Å²) in [7, 11) is 3.17. The predicted molar refractivity (Wildman–Crippen MR) is 63.4 cm³/mol. The van der Waals surface area contributed by atoms with Crippen LogP contribution in [0.15, 0.2) is 18.2 Å². The second kappa shape index (κ2) is 5.41. The lowest BCUT2D eigenvalue weighted by Gasteiger charge is -2.11. The van der Waals surface area contributed by atoms with Gasteiger partial charge in [0.1, 0.15) is 0 Å². The summed E-state index contributed by atoms with van der Waals surface area (Å²) in [5.41, 5.74) is 0.844. The van der Waals surface area contributed by atoms with E-state index in [9.17, 15) is 5.11 Å². The quantitative estimate of drug-likeness (QED) is 0.684. The molecule has 14 heavy (non-hydrogen) atoms. The smallest absolute Gasteiger partial charge is 0.161 e. The van der Waals surface area contributed by atoms with E-state index in [4.69, 9.17) is 9.47 Å². The third kappa shape index (κ3) is 2.51. The number of rotatable bonds is 4. The van der Waals surface area contributed by atoms with E-state index in [1.54, 1.807) is 26.4 Å². The lowest BCUT2D eigenvalue weighted by molar-refractivity contribution is 0.206. The first-order valence-corrected chi connectivity index (χ1v) is 5.71. The van der Waals surface area contributed by atoms with Crippen LogP contribution in [0.5, 0.6) is 11.5 Å². The molecule has 1 atom stereocenters. The van der Waals surface area contributed by atoms with Gasteiger partial charge in [0, 0.05) is 4.43 Å². The van der Waals surface area contributed by atoms with Crippen LogP contribution in [0.4, 0.5) is 0 Å². The summed E-state index contributed by atoms with van der Waals surface area (Å²) in [6.45, 7) is 0. The van der Waals surface area contributed by atoms with Gasteiger partial charge in [0.15, 0.2) is 11.5 Å². The maximum Gasteiger partial charge on any atom is 0.161 e. The molecule has 0 fully saturated rings. The molecule has 0 bridgehead atoms. The molecule has 0 saturated carbocycles. The van der Waals surface area contributed by atoms with Crippen LogP contribution in [0.3, 0.4) is 0 Å². The molecule has 0 saturated heterocycles. The van der Waals surface area contributed by atoms with Crippen LogP contribution in [0, 0.1) is 0 Å². The highest BCUT2D eigenvalue weighted by atomic mass is 127. The molecule has 4 heteroatoms. The van der Waals surface area contributed by atoms with Gasteiger partial charge < -0.3 is 14.6 Å². The summed E-state index contributed by atoms with van der Waals surface area (Å²) in [6, 6.07) is 5.43. The number of hydrogen-bond acceptors (Lipinski definition) is 3. The molecule has 0 amide bonds. The van der Waals surface area contributed by atoms with Gasteiger partial charge >= 0.3 is 0 Å². The van der Waals surface area contributed by atoms with E-state index in [2.05, 4.69) is 22.6 Å². The number of alkyl halides is 1. The fourth-order valence-corrected chi connectivity index (χ4v) is 1.66. The summed E-state index contributed by atoms with van der Waals surface area (Å²) in [5.74, 6) is 1.32. The average molecular weight is 308 g/mol. The van der Waals surface area contributed by atoms with Gasteiger partial charge in [0.2, 0.25) is 0 Å². The SMILES string of the molecule is COc1ccc(C(O)CI)cc1OC. The Morgan fingerprint density at radius 3 is 2.43 bits per heavy atom. The minimum absolute atomic E-state index is 0.449. The first kappa shape index (κ1) is 11.6. The van der Waals surface area contributed by atoms with E-state index in [-0.39, 0.29) is 0 Å². The van der Waals surface area contributed by atoms with E-state index < -0.39 is 6.10 Å². The number of benzene rings is 1. The van der Waals surface area contributed by atoms with Crippen molar-refractivity contribution >= 4 is 22.6 Å². The Labute approximate surface area is 97.2 Å². The maximum absolute atomic E-state index is 9.61. The zero-order valence-corrected chi connectivity index (χ0v) is 10.3. The van der Waals surface area contributed by atoms with Gasteiger partial charge in [0.05, 0.1) is 20.3 Å². The summed E-state index contributed by atoms with van der Waals surface area (Å²) in [4.78, 5) is 0. The van der Waals surface area contributed by atoms with Gasteiger partial charge in [-0.25, -0.2) is 0 Å². The zero-order chi connectivity index (χ0) is 10.6. The standard InChI is InChI=1S/C10H13IO3/c1-13-9-4-3-7(8(12)6-11)5-10(9)14-2/h3-5,8,12H,6H2,1-2H3. The predicted octanol–water partition coefficient (Wildman–Crippen LogP) is 2.17. The minimum Gasteiger partial charge on any atom is -0.493 e. The third-order valence-corrected chi connectivity index (χ3v) is 2.77. The van der Waals surface area contributed by atoms with Gasteiger partial charge in [-0.2, -0.15) is 0 Å². The Hall–Kier alpha value is -0.490. The lowest BCUT2D eigenvalue weighted by atomic mass is 10.1. The van der Waals surface area contributed by atoms with Crippen LogP contribution in [-0.2, 0) is 0 Å². The fraction of sp³-hybridized carbons (Fsp3) is 0.400. The molecule has 0 aliphatic rings. The van der Waals surface area contributed by atoms with E-state index in [1.165, 1.54) is 0 Å². The molecule has 1 unspecified atom stereocenters. The van der Waals surface area contributed by atoms with Crippen LogP contribution in [0.1, 0.15) is 11.7 Å². The van der Waals surface area contributed by atoms with Crippen molar-refractivity contribution in [2.45, 2.75) is 6.10 Å². The van der Waals surface area contributed by atoms with Crippen molar-refractivity contribution in [3.63, 3.8) is 0 Å². The maximum atomic E-state index is 9.61. The molecular weight excluding hydrogens is 295 g/mol. The van der Waals surface area contributed by atoms with Crippen LogP contribution in [0.2, 0.25) is 0 Å². The molecular formula is C10H13IO3. The van der Waals surface area contributed by atoms with Gasteiger partial charge in [-0.1, -0.05) is 28.7 Å². The van der Waals surface area contributed by atoms with E-state index >= 15 is 0 Å². The largest absolute Gasteiger partial charge is 0.493 e. The molecule has 0 radical (unpaired) electrons. The van der Waals surface area contributed by atoms with Gasteiger partial charge in [0.25, 0.3) is 0 Å². The molecule has 1 aromatic rings. The van der Waals surface area contributed by atoms with Gasteiger partial charge in [-0.05, 0) is 17.7 Å². The Morgan fingerprint density at radius 2 is 1.93 bits per heavy atom. The number of halogens is 1. The summed E-state index contributed by atoms with van der Waals surface area (Å²) >= 11 is 2.14. The Kier molecular flexibility index (Phi) is 4.47. The molecule has 0 heterocycles. The molecule has 1 rings (SSSR count). The Morgan fingerprint density at radius 1 is 1.29 bits per heavy atom. The molecule has 1 N–H and O–H groups in total. The molecule has 3 nitrogen and oxygen atoms in total. The highest BCUT2D eigenvalue weighted by Crippen LogP contribution is 2.30. The minimum atomic E-state index is -0.449. The molecule has 1 aromatic carbocycles. The highest BCUT2D eigenvalue weighted by Gasteiger charge is 2.09. The first-order chi connectivity index (χ1) is 6.72. The van der Waals surface area contributed by atoms with Crippen molar-refractivity contribution in [3.05, 3.63) is 23.8 Å². The fourth-order valence-electron chi connectivity index (χ4n) is 1.15. The number of aliphatic hydroxyl groups is 1. The number of methoxy groups -OCH3 is 2. The molecule has 0 spiro atoms. The summed E-state index contributed by atoms with van der Waals surface area (Å²) in [5, 5.41) is 9.61. The van der Waals surface area contributed by atoms with Crippen molar-refractivity contribution in [3.8, 4) is 11.5 Å². The van der Waals surface area contributed by atoms with Gasteiger partial charge in [-0.15, -0.1) is 0 Å². The number of aliphatic hydroxyl groups excluding tert-OH is 1. The summed E-state index contributed by atoms with van der Waals surface area (Å²) in [6.07, 6.45) is -0.449. The van der Waals surface area contributed by atoms with Gasteiger partial charge in [-0.3, -0.25) is 0 Å². The normalized spacial score (nSPS) is 12.3. The van der Waals surface area contributed by atoms with Crippen molar-refractivity contribution in [1.82, 2.24) is 0 Å². The van der Waals surface area contributed by atoms with Crippen molar-refractivity contribution in [2.75, 3.05) is 18.6 Å². The van der Waals surface area contributed by atoms with Crippen molar-refractivity contribution < 1.29 is 14.6 Å². The zero-order valence-electron chi connectivity index (χ0n) is 8.16. The van der Waals surface area contributed by atoms with Crippen LogP contribution in [-0.4, -0.2) is 23.8 Å². The van der Waals surface area contributed by atoms with Crippen molar-refractivity contribution in [1.29, 1.82) is 0 Å². The number of ether oxygens (including phenoxy) is 2. The molecule has 0 aromatic heterocycles. The monoisotopic (exact) mass is 308 g/mol. The lowest BCUT2D eigenvalue weighted by Crippen LogP contribution is -1.99. The van der Waals surface area contributed by atoms with E-state index in [0.29, 0.717) is 15.9 Å². The summed E-state index contributed by atoms with van der Waals surface area (Å²) < 4.78 is 10.9. The molecule has 0 aliphatic heterocycles. The highest BCUT2D eigenvalue weighted by molar-refractivity contribution is 14.1.